The molecular weight excluding hydrogens is 260 g/mol. The number of nitrogens with one attached hydrogen (secondary N) is 1. The third-order valence-electron chi connectivity index (χ3n) is 5.14. The molecule has 0 saturated carbocycles. The summed E-state index contributed by atoms with van der Waals surface area (Å²) in [6.07, 6.45) is 6.28. The van der Waals surface area contributed by atoms with E-state index in [1.165, 1.54) is 49.9 Å². The predicted octanol–water partition coefficient (Wildman–Crippen LogP) is 3.09. The number of benzene rings is 1. The van der Waals surface area contributed by atoms with Crippen LogP contribution in [-0.2, 0) is 6.42 Å². The molecule has 2 N–H and O–H groups in total. The number of phenols is 1. The maximum Gasteiger partial charge on any atom is 0.115 e. The van der Waals surface area contributed by atoms with Crippen LogP contribution in [0.25, 0.3) is 0 Å². The van der Waals surface area contributed by atoms with E-state index in [1.54, 1.807) is 0 Å². The summed E-state index contributed by atoms with van der Waals surface area (Å²) in [5.74, 6) is 1.30. The second-order valence-electron chi connectivity index (χ2n) is 6.81. The molecule has 1 saturated heterocycles. The second-order valence-corrected chi connectivity index (χ2v) is 6.81. The largest absolute Gasteiger partial charge is 0.508 e. The lowest BCUT2D eigenvalue weighted by atomic mass is 9.87. The van der Waals surface area contributed by atoms with Gasteiger partial charge in [0.15, 0.2) is 0 Å². The first kappa shape index (κ1) is 14.9. The van der Waals surface area contributed by atoms with Gasteiger partial charge in [-0.2, -0.15) is 0 Å². The number of fused-ring (bicyclic) bond motifs is 1. The van der Waals surface area contributed by atoms with Crippen molar-refractivity contribution in [3.63, 3.8) is 0 Å². The molecule has 1 atom stereocenters. The van der Waals surface area contributed by atoms with Gasteiger partial charge in [-0.15, -0.1) is 0 Å². The SMILES string of the molecule is CC1CCN(CCNC2CCCc3ccc(O)cc32)CC1. The lowest BCUT2D eigenvalue weighted by molar-refractivity contribution is 0.190. The highest BCUT2D eigenvalue weighted by Gasteiger charge is 2.21. The van der Waals surface area contributed by atoms with Crippen LogP contribution in [-0.4, -0.2) is 36.2 Å². The molecule has 1 fully saturated rings. The lowest BCUT2D eigenvalue weighted by Gasteiger charge is -2.32. The zero-order chi connectivity index (χ0) is 14.7. The van der Waals surface area contributed by atoms with Crippen LogP contribution in [0.15, 0.2) is 18.2 Å². The van der Waals surface area contributed by atoms with Crippen LogP contribution in [0.3, 0.4) is 0 Å². The zero-order valence-corrected chi connectivity index (χ0v) is 13.1. The van der Waals surface area contributed by atoms with Gasteiger partial charge in [-0.05, 0) is 74.4 Å². The van der Waals surface area contributed by atoms with Gasteiger partial charge >= 0.3 is 0 Å². The first-order valence-corrected chi connectivity index (χ1v) is 8.50. The Morgan fingerprint density at radius 1 is 1.24 bits per heavy atom. The quantitative estimate of drug-likeness (QED) is 0.893. The van der Waals surface area contributed by atoms with E-state index in [-0.39, 0.29) is 0 Å². The van der Waals surface area contributed by atoms with Crippen molar-refractivity contribution in [1.82, 2.24) is 10.2 Å². The molecule has 116 valence electrons. The molecule has 3 heteroatoms. The Labute approximate surface area is 128 Å². The summed E-state index contributed by atoms with van der Waals surface area (Å²) in [6, 6.07) is 6.28. The fourth-order valence-corrected chi connectivity index (χ4v) is 3.68. The number of piperidine rings is 1. The molecule has 1 aliphatic heterocycles. The van der Waals surface area contributed by atoms with Crippen molar-refractivity contribution in [2.45, 2.75) is 45.1 Å². The minimum Gasteiger partial charge on any atom is -0.508 e. The molecule has 1 unspecified atom stereocenters. The van der Waals surface area contributed by atoms with Gasteiger partial charge in [-0.25, -0.2) is 0 Å². The Kier molecular flexibility index (Phi) is 4.81. The molecule has 1 aromatic carbocycles. The molecule has 0 spiro atoms. The van der Waals surface area contributed by atoms with E-state index in [4.69, 9.17) is 0 Å². The number of rotatable bonds is 4. The van der Waals surface area contributed by atoms with Crippen LogP contribution >= 0.6 is 0 Å². The van der Waals surface area contributed by atoms with Gasteiger partial charge in [-0.1, -0.05) is 13.0 Å². The van der Waals surface area contributed by atoms with Crippen LogP contribution in [0.4, 0.5) is 0 Å². The maximum absolute atomic E-state index is 9.72. The first-order chi connectivity index (χ1) is 10.2. The Morgan fingerprint density at radius 3 is 2.86 bits per heavy atom. The van der Waals surface area contributed by atoms with Crippen LogP contribution in [0.1, 0.15) is 49.8 Å². The Morgan fingerprint density at radius 2 is 2.05 bits per heavy atom. The molecule has 0 amide bonds. The van der Waals surface area contributed by atoms with Crippen LogP contribution in [0.2, 0.25) is 0 Å². The van der Waals surface area contributed by atoms with Crippen molar-refractivity contribution in [1.29, 1.82) is 0 Å². The smallest absolute Gasteiger partial charge is 0.115 e. The van der Waals surface area contributed by atoms with Crippen molar-refractivity contribution in [2.75, 3.05) is 26.2 Å². The molecule has 0 aromatic heterocycles. The first-order valence-electron chi connectivity index (χ1n) is 8.50. The molecule has 3 nitrogen and oxygen atoms in total. The molecule has 1 aliphatic carbocycles. The summed E-state index contributed by atoms with van der Waals surface area (Å²) < 4.78 is 0. The van der Waals surface area contributed by atoms with Gasteiger partial charge in [0, 0.05) is 19.1 Å². The summed E-state index contributed by atoms with van der Waals surface area (Å²) in [7, 11) is 0. The Bertz CT molecular complexity index is 466. The number of aromatic hydroxyl groups is 1. The fourth-order valence-electron chi connectivity index (χ4n) is 3.68. The zero-order valence-electron chi connectivity index (χ0n) is 13.1. The lowest BCUT2D eigenvalue weighted by Crippen LogP contribution is -2.39. The minimum atomic E-state index is 0.396. The second kappa shape index (κ2) is 6.80. The Balaban J connectivity index is 1.51. The van der Waals surface area contributed by atoms with Crippen molar-refractivity contribution < 1.29 is 5.11 Å². The van der Waals surface area contributed by atoms with Crippen LogP contribution in [0.5, 0.6) is 5.75 Å². The van der Waals surface area contributed by atoms with Crippen molar-refractivity contribution in [2.24, 2.45) is 5.92 Å². The van der Waals surface area contributed by atoms with Gasteiger partial charge < -0.3 is 15.3 Å². The van der Waals surface area contributed by atoms with E-state index in [0.29, 0.717) is 11.8 Å². The van der Waals surface area contributed by atoms with Gasteiger partial charge in [0.25, 0.3) is 0 Å². The molecule has 1 aromatic rings. The molecule has 3 rings (SSSR count). The minimum absolute atomic E-state index is 0.396. The summed E-state index contributed by atoms with van der Waals surface area (Å²) in [5, 5.41) is 13.4. The van der Waals surface area contributed by atoms with Gasteiger partial charge in [0.2, 0.25) is 0 Å². The highest BCUT2D eigenvalue weighted by Crippen LogP contribution is 2.31. The third-order valence-corrected chi connectivity index (χ3v) is 5.14. The molecule has 1 heterocycles. The topological polar surface area (TPSA) is 35.5 Å². The summed E-state index contributed by atoms with van der Waals surface area (Å²) in [5.41, 5.74) is 2.72. The van der Waals surface area contributed by atoms with E-state index < -0.39 is 0 Å². The molecule has 0 bridgehead atoms. The van der Waals surface area contributed by atoms with E-state index in [1.807, 2.05) is 12.1 Å². The number of aryl methyl sites for hydroxylation is 1. The van der Waals surface area contributed by atoms with Crippen LogP contribution in [0, 0.1) is 5.92 Å². The highest BCUT2D eigenvalue weighted by molar-refractivity contribution is 5.38. The van der Waals surface area contributed by atoms with Gasteiger partial charge in [0.05, 0.1) is 0 Å². The third kappa shape index (κ3) is 3.78. The van der Waals surface area contributed by atoms with Crippen LogP contribution < -0.4 is 5.32 Å². The van der Waals surface area contributed by atoms with E-state index in [2.05, 4.69) is 23.2 Å². The number of hydrogen-bond donors (Lipinski definition) is 2. The van der Waals surface area contributed by atoms with Crippen molar-refractivity contribution >= 4 is 0 Å². The average molecular weight is 288 g/mol. The highest BCUT2D eigenvalue weighted by atomic mass is 16.3. The summed E-state index contributed by atoms with van der Waals surface area (Å²) in [6.45, 7) is 7.07. The average Bonchev–Trinajstić information content (AvgIpc) is 2.50. The van der Waals surface area contributed by atoms with Gasteiger partial charge in [-0.3, -0.25) is 0 Å². The Hall–Kier alpha value is -1.06. The number of hydrogen-bond acceptors (Lipinski definition) is 3. The maximum atomic E-state index is 9.72. The molecular formula is C18H28N2O. The monoisotopic (exact) mass is 288 g/mol. The molecule has 2 aliphatic rings. The molecule has 0 radical (unpaired) electrons. The normalized spacial score (nSPS) is 24.0. The fraction of sp³-hybridized carbons (Fsp3) is 0.667. The van der Waals surface area contributed by atoms with E-state index in [0.717, 1.165) is 25.4 Å². The molecule has 21 heavy (non-hydrogen) atoms. The standard InChI is InChI=1S/C18H28N2O/c1-14-7-10-20(11-8-14)12-9-19-18-4-2-3-15-5-6-16(21)13-17(15)18/h5-6,13-14,18-19,21H,2-4,7-12H2,1H3. The van der Waals surface area contributed by atoms with Crippen molar-refractivity contribution in [3.05, 3.63) is 29.3 Å². The number of likely N-dealkylation sites (tertiary alicyclic amines) is 1. The predicted molar refractivity (Wildman–Crippen MR) is 86.6 cm³/mol. The summed E-state index contributed by atoms with van der Waals surface area (Å²) >= 11 is 0. The number of phenolic OH excluding ortho intramolecular Hbond substituents is 1. The summed E-state index contributed by atoms with van der Waals surface area (Å²) in [4.78, 5) is 2.58. The number of nitrogens with zero attached hydrogens (tertiary/aromatic N) is 1. The van der Waals surface area contributed by atoms with E-state index >= 15 is 0 Å². The van der Waals surface area contributed by atoms with E-state index in [9.17, 15) is 5.11 Å². The van der Waals surface area contributed by atoms with Gasteiger partial charge in [0.1, 0.15) is 5.75 Å². The van der Waals surface area contributed by atoms with Crippen molar-refractivity contribution in [3.8, 4) is 5.75 Å².